The molecule has 3 rings (SSSR count). The number of hydrogen-bond donors (Lipinski definition) is 1. The molecule has 8 heteroatoms. The van der Waals surface area contributed by atoms with Gasteiger partial charge in [0.25, 0.3) is 5.91 Å². The summed E-state index contributed by atoms with van der Waals surface area (Å²) in [5.74, 6) is -0.313. The van der Waals surface area contributed by atoms with E-state index in [1.807, 2.05) is 0 Å². The van der Waals surface area contributed by atoms with Crippen molar-refractivity contribution in [2.75, 3.05) is 22.4 Å². The molecule has 2 aromatic carbocycles. The fraction of sp³-hybridized carbons (Fsp3) is 0.188. The largest absolute Gasteiger partial charge is 0.322 e. The van der Waals surface area contributed by atoms with Gasteiger partial charge in [0, 0.05) is 17.8 Å². The van der Waals surface area contributed by atoms with Crippen LogP contribution in [0.25, 0.3) is 0 Å². The predicted molar refractivity (Wildman–Crippen MR) is 96.8 cm³/mol. The first kappa shape index (κ1) is 17.1. The molecule has 1 amide bonds. The van der Waals surface area contributed by atoms with Gasteiger partial charge in [-0.05, 0) is 48.4 Å². The number of anilines is 2. The van der Waals surface area contributed by atoms with E-state index in [2.05, 4.69) is 5.32 Å². The van der Waals surface area contributed by atoms with Gasteiger partial charge in [0.05, 0.1) is 22.0 Å². The first-order valence-electron chi connectivity index (χ1n) is 7.13. The Morgan fingerprint density at radius 2 is 1.88 bits per heavy atom. The summed E-state index contributed by atoms with van der Waals surface area (Å²) in [4.78, 5) is 12.3. The Morgan fingerprint density at radius 1 is 1.12 bits per heavy atom. The quantitative estimate of drug-likeness (QED) is 0.879. The summed E-state index contributed by atoms with van der Waals surface area (Å²) in [6.45, 7) is 0.415. The van der Waals surface area contributed by atoms with E-state index >= 15 is 0 Å². The molecule has 0 aromatic heterocycles. The van der Waals surface area contributed by atoms with Crippen molar-refractivity contribution in [3.8, 4) is 0 Å². The summed E-state index contributed by atoms with van der Waals surface area (Å²) < 4.78 is 24.8. The summed E-state index contributed by atoms with van der Waals surface area (Å²) in [7, 11) is -3.28. The van der Waals surface area contributed by atoms with Crippen LogP contribution in [0, 0.1) is 0 Å². The van der Waals surface area contributed by atoms with Gasteiger partial charge in [-0.1, -0.05) is 23.2 Å². The van der Waals surface area contributed by atoms with Crippen LogP contribution in [0.3, 0.4) is 0 Å². The van der Waals surface area contributed by atoms with Gasteiger partial charge < -0.3 is 5.32 Å². The fourth-order valence-electron chi connectivity index (χ4n) is 2.63. The second-order valence-electron chi connectivity index (χ2n) is 5.51. The molecule has 0 saturated carbocycles. The second-order valence-corrected chi connectivity index (χ2v) is 8.23. The third-order valence-corrected chi connectivity index (χ3v) is 5.69. The zero-order valence-corrected chi connectivity index (χ0v) is 15.0. The van der Waals surface area contributed by atoms with Gasteiger partial charge in [0.1, 0.15) is 0 Å². The molecule has 0 unspecified atom stereocenters. The number of fused-ring (bicyclic) bond motifs is 1. The van der Waals surface area contributed by atoms with Gasteiger partial charge in [0.15, 0.2) is 0 Å². The number of amides is 1. The zero-order chi connectivity index (χ0) is 17.5. The SMILES string of the molecule is CS(=O)(=O)N1CCc2cc(NC(=O)c3ccc(Cl)c(Cl)c3)ccc21. The zero-order valence-electron chi connectivity index (χ0n) is 12.7. The molecule has 1 aliphatic rings. The van der Waals surface area contributed by atoms with Crippen molar-refractivity contribution in [3.05, 3.63) is 57.6 Å². The molecule has 0 fully saturated rings. The number of hydrogen-bond acceptors (Lipinski definition) is 3. The van der Waals surface area contributed by atoms with Crippen LogP contribution in [0.5, 0.6) is 0 Å². The first-order chi connectivity index (χ1) is 11.3. The number of carbonyl (C=O) groups excluding carboxylic acids is 1. The number of benzene rings is 2. The van der Waals surface area contributed by atoms with Crippen LogP contribution in [0.2, 0.25) is 10.0 Å². The smallest absolute Gasteiger partial charge is 0.255 e. The standard InChI is InChI=1S/C16H14Cl2N2O3S/c1-24(22,23)20-7-6-10-8-12(3-5-15(10)20)19-16(21)11-2-4-13(17)14(18)9-11/h2-5,8-9H,6-7H2,1H3,(H,19,21). The summed E-state index contributed by atoms with van der Waals surface area (Å²) >= 11 is 11.8. The summed E-state index contributed by atoms with van der Waals surface area (Å²) in [6, 6.07) is 9.81. The van der Waals surface area contributed by atoms with Crippen molar-refractivity contribution in [1.82, 2.24) is 0 Å². The molecule has 0 radical (unpaired) electrons. The van der Waals surface area contributed by atoms with Gasteiger partial charge in [-0.3, -0.25) is 9.10 Å². The molecule has 5 nitrogen and oxygen atoms in total. The van der Waals surface area contributed by atoms with E-state index in [0.29, 0.717) is 39.9 Å². The number of halogens is 2. The molecule has 0 saturated heterocycles. The molecular formula is C16H14Cl2N2O3S. The molecule has 0 bridgehead atoms. The molecule has 0 atom stereocenters. The summed E-state index contributed by atoms with van der Waals surface area (Å²) in [5.41, 5.74) is 2.53. The van der Waals surface area contributed by atoms with E-state index in [0.717, 1.165) is 5.56 Å². The molecule has 24 heavy (non-hydrogen) atoms. The van der Waals surface area contributed by atoms with Crippen molar-refractivity contribution < 1.29 is 13.2 Å². The normalized spacial score (nSPS) is 13.7. The summed E-state index contributed by atoms with van der Waals surface area (Å²) in [6.07, 6.45) is 1.79. The molecule has 1 N–H and O–H groups in total. The Labute approximate surface area is 150 Å². The lowest BCUT2D eigenvalue weighted by Crippen LogP contribution is -2.27. The van der Waals surface area contributed by atoms with Gasteiger partial charge >= 0.3 is 0 Å². The van der Waals surface area contributed by atoms with Crippen molar-refractivity contribution in [1.29, 1.82) is 0 Å². The Kier molecular flexibility index (Phi) is 4.46. The van der Waals surface area contributed by atoms with Crippen molar-refractivity contribution in [2.24, 2.45) is 0 Å². The molecular weight excluding hydrogens is 371 g/mol. The van der Waals surface area contributed by atoms with Gasteiger partial charge in [-0.2, -0.15) is 0 Å². The minimum absolute atomic E-state index is 0.307. The third-order valence-electron chi connectivity index (χ3n) is 3.77. The van der Waals surface area contributed by atoms with Crippen molar-refractivity contribution >= 4 is 50.5 Å². The molecule has 2 aromatic rings. The Balaban J connectivity index is 1.82. The topological polar surface area (TPSA) is 66.5 Å². The van der Waals surface area contributed by atoms with E-state index in [-0.39, 0.29) is 5.91 Å². The molecule has 0 aliphatic carbocycles. The van der Waals surface area contributed by atoms with Crippen LogP contribution in [0.1, 0.15) is 15.9 Å². The predicted octanol–water partition coefficient (Wildman–Crippen LogP) is 3.57. The van der Waals surface area contributed by atoms with Gasteiger partial charge in [-0.15, -0.1) is 0 Å². The second kappa shape index (κ2) is 6.27. The number of rotatable bonds is 3. The van der Waals surface area contributed by atoms with Crippen LogP contribution in [-0.4, -0.2) is 27.1 Å². The average molecular weight is 385 g/mol. The van der Waals surface area contributed by atoms with Gasteiger partial charge in [0.2, 0.25) is 10.0 Å². The highest BCUT2D eigenvalue weighted by Gasteiger charge is 2.26. The lowest BCUT2D eigenvalue weighted by molar-refractivity contribution is 0.102. The van der Waals surface area contributed by atoms with Gasteiger partial charge in [-0.25, -0.2) is 8.42 Å². The molecule has 1 heterocycles. The average Bonchev–Trinajstić information content (AvgIpc) is 2.93. The highest BCUT2D eigenvalue weighted by atomic mass is 35.5. The number of nitrogens with zero attached hydrogens (tertiary/aromatic N) is 1. The Morgan fingerprint density at radius 3 is 2.54 bits per heavy atom. The van der Waals surface area contributed by atoms with E-state index in [1.54, 1.807) is 30.3 Å². The van der Waals surface area contributed by atoms with Crippen molar-refractivity contribution in [2.45, 2.75) is 6.42 Å². The fourth-order valence-corrected chi connectivity index (χ4v) is 3.89. The maximum absolute atomic E-state index is 12.3. The van der Waals surface area contributed by atoms with E-state index in [1.165, 1.54) is 16.6 Å². The van der Waals surface area contributed by atoms with Crippen LogP contribution in [0.15, 0.2) is 36.4 Å². The van der Waals surface area contributed by atoms with Crippen LogP contribution in [-0.2, 0) is 16.4 Å². The first-order valence-corrected chi connectivity index (χ1v) is 9.73. The van der Waals surface area contributed by atoms with Crippen LogP contribution >= 0.6 is 23.2 Å². The number of sulfonamides is 1. The third kappa shape index (κ3) is 3.36. The highest BCUT2D eigenvalue weighted by molar-refractivity contribution is 7.92. The maximum Gasteiger partial charge on any atom is 0.255 e. The van der Waals surface area contributed by atoms with Crippen LogP contribution < -0.4 is 9.62 Å². The lowest BCUT2D eigenvalue weighted by Gasteiger charge is -2.16. The van der Waals surface area contributed by atoms with E-state index in [9.17, 15) is 13.2 Å². The van der Waals surface area contributed by atoms with E-state index in [4.69, 9.17) is 23.2 Å². The van der Waals surface area contributed by atoms with E-state index < -0.39 is 10.0 Å². The van der Waals surface area contributed by atoms with Crippen molar-refractivity contribution in [3.63, 3.8) is 0 Å². The van der Waals surface area contributed by atoms with Crippen LogP contribution in [0.4, 0.5) is 11.4 Å². The highest BCUT2D eigenvalue weighted by Crippen LogP contribution is 2.32. The molecule has 0 spiro atoms. The molecule has 126 valence electrons. The molecule has 1 aliphatic heterocycles. The number of carbonyl (C=O) groups is 1. The Bertz CT molecular complexity index is 929. The summed E-state index contributed by atoms with van der Waals surface area (Å²) in [5, 5.41) is 3.47. The monoisotopic (exact) mass is 384 g/mol. The minimum Gasteiger partial charge on any atom is -0.322 e. The Hall–Kier alpha value is -1.76. The lowest BCUT2D eigenvalue weighted by atomic mass is 10.1. The maximum atomic E-state index is 12.3. The number of nitrogens with one attached hydrogen (secondary N) is 1. The minimum atomic E-state index is -3.28.